The quantitative estimate of drug-likeness (QED) is 0.0216. The lowest BCUT2D eigenvalue weighted by Gasteiger charge is -2.24. The van der Waals surface area contributed by atoms with Crippen molar-refractivity contribution in [2.45, 2.75) is 161 Å². The number of hydrogen-bond acceptors (Lipinski definition) is 7. The second kappa shape index (κ2) is 38.0. The number of phosphoric ester groups is 1. The fourth-order valence-corrected chi connectivity index (χ4v) is 6.08. The Bertz CT molecular complexity index is 1180. The molecule has 56 heavy (non-hydrogen) atoms. The number of carbonyl (C=O) groups excluding carboxylic acids is 2. The van der Waals surface area contributed by atoms with Crippen LogP contribution in [0.15, 0.2) is 72.9 Å². The van der Waals surface area contributed by atoms with Gasteiger partial charge in [-0.05, 0) is 77.0 Å². The van der Waals surface area contributed by atoms with E-state index in [4.69, 9.17) is 18.5 Å². The summed E-state index contributed by atoms with van der Waals surface area (Å²) in [6.45, 7) is 4.21. The number of hydrogen-bond donors (Lipinski definition) is 1. The van der Waals surface area contributed by atoms with Crippen LogP contribution in [0.25, 0.3) is 0 Å². The van der Waals surface area contributed by atoms with Crippen molar-refractivity contribution in [1.82, 2.24) is 0 Å². The molecule has 0 aromatic heterocycles. The number of nitrogens with zero attached hydrogens (tertiary/aromatic N) is 1. The summed E-state index contributed by atoms with van der Waals surface area (Å²) in [6, 6.07) is 0. The second-order valence-corrected chi connectivity index (χ2v) is 16.8. The number of quaternary nitrogens is 1. The van der Waals surface area contributed by atoms with Gasteiger partial charge in [0.05, 0.1) is 27.7 Å². The number of carbonyl (C=O) groups is 2. The van der Waals surface area contributed by atoms with Crippen LogP contribution < -0.4 is 0 Å². The molecule has 0 heterocycles. The van der Waals surface area contributed by atoms with Gasteiger partial charge in [0.1, 0.15) is 19.8 Å². The largest absolute Gasteiger partial charge is 0.472 e. The van der Waals surface area contributed by atoms with Gasteiger partial charge in [0.25, 0.3) is 0 Å². The Morgan fingerprint density at radius 3 is 1.59 bits per heavy atom. The molecule has 0 bridgehead atoms. The lowest BCUT2D eigenvalue weighted by molar-refractivity contribution is -0.870. The first-order valence-corrected chi connectivity index (χ1v) is 23.2. The fourth-order valence-electron chi connectivity index (χ4n) is 5.34. The Balaban J connectivity index is 4.50. The van der Waals surface area contributed by atoms with Crippen LogP contribution in [0.3, 0.4) is 0 Å². The molecule has 0 spiro atoms. The van der Waals surface area contributed by atoms with E-state index in [-0.39, 0.29) is 26.1 Å². The maximum absolute atomic E-state index is 12.7. The van der Waals surface area contributed by atoms with Crippen molar-refractivity contribution in [3.8, 4) is 0 Å². The molecule has 1 N–H and O–H groups in total. The van der Waals surface area contributed by atoms with Gasteiger partial charge in [0.15, 0.2) is 6.10 Å². The van der Waals surface area contributed by atoms with E-state index < -0.39 is 32.5 Å². The molecule has 322 valence electrons. The number of phosphoric acid groups is 1. The molecule has 0 aromatic carbocycles. The summed E-state index contributed by atoms with van der Waals surface area (Å²) in [7, 11) is 1.42. The number of unbranched alkanes of at least 4 members (excludes halogenated alkanes) is 12. The molecule has 0 saturated carbocycles. The van der Waals surface area contributed by atoms with Gasteiger partial charge in [0, 0.05) is 12.8 Å². The third kappa shape index (κ3) is 41.1. The van der Waals surface area contributed by atoms with Gasteiger partial charge in [-0.25, -0.2) is 4.57 Å². The topological polar surface area (TPSA) is 108 Å². The van der Waals surface area contributed by atoms with Gasteiger partial charge in [-0.15, -0.1) is 0 Å². The second-order valence-electron chi connectivity index (χ2n) is 15.3. The molecule has 0 aliphatic carbocycles. The van der Waals surface area contributed by atoms with Gasteiger partial charge in [-0.2, -0.15) is 0 Å². The number of allylic oxidation sites excluding steroid dienone is 12. The molecule has 0 amide bonds. The highest BCUT2D eigenvalue weighted by molar-refractivity contribution is 7.47. The third-order valence-corrected chi connectivity index (χ3v) is 9.70. The van der Waals surface area contributed by atoms with Gasteiger partial charge in [-0.1, -0.05) is 138 Å². The van der Waals surface area contributed by atoms with Crippen molar-refractivity contribution >= 4 is 19.8 Å². The van der Waals surface area contributed by atoms with E-state index in [0.29, 0.717) is 23.9 Å². The summed E-state index contributed by atoms with van der Waals surface area (Å²) in [5.41, 5.74) is 0. The summed E-state index contributed by atoms with van der Waals surface area (Å²) in [5, 5.41) is 0. The Morgan fingerprint density at radius 2 is 1.04 bits per heavy atom. The van der Waals surface area contributed by atoms with Crippen LogP contribution in [0.4, 0.5) is 0 Å². The first-order chi connectivity index (χ1) is 27.0. The van der Waals surface area contributed by atoms with Gasteiger partial charge >= 0.3 is 19.8 Å². The molecule has 0 radical (unpaired) electrons. The lowest BCUT2D eigenvalue weighted by atomic mass is 10.1. The van der Waals surface area contributed by atoms with Crippen molar-refractivity contribution in [3.63, 3.8) is 0 Å². The molecule has 2 atom stereocenters. The summed E-state index contributed by atoms with van der Waals surface area (Å²) in [4.78, 5) is 35.3. The normalized spacial score (nSPS) is 14.3. The molecule has 0 rings (SSSR count). The van der Waals surface area contributed by atoms with Crippen molar-refractivity contribution in [2.75, 3.05) is 47.5 Å². The number of rotatable bonds is 38. The molecule has 10 heteroatoms. The summed E-state index contributed by atoms with van der Waals surface area (Å²) < 4.78 is 34.2. The Kier molecular flexibility index (Phi) is 36.3. The van der Waals surface area contributed by atoms with Crippen LogP contribution in [-0.2, 0) is 32.7 Å². The van der Waals surface area contributed by atoms with Crippen molar-refractivity contribution in [3.05, 3.63) is 72.9 Å². The van der Waals surface area contributed by atoms with Crippen molar-refractivity contribution < 1.29 is 42.1 Å². The average molecular weight is 807 g/mol. The third-order valence-electron chi connectivity index (χ3n) is 8.72. The van der Waals surface area contributed by atoms with Crippen LogP contribution in [0.5, 0.6) is 0 Å². The SMILES string of the molecule is CC/C=C\C/C=C\C/C=C\C/C=C\C/C=C\CCCC(=O)O[C@H](COC(=O)CCCCCCC/C=C\CCCCCCCC)COP(=O)(O)OCC[N+](C)(C)C. The van der Waals surface area contributed by atoms with E-state index in [1.165, 1.54) is 44.9 Å². The minimum atomic E-state index is -4.39. The monoisotopic (exact) mass is 807 g/mol. The molecular formula is C46H81NO8P+. The summed E-state index contributed by atoms with van der Waals surface area (Å²) in [6.07, 6.45) is 46.7. The van der Waals surface area contributed by atoms with Crippen molar-refractivity contribution in [1.29, 1.82) is 0 Å². The van der Waals surface area contributed by atoms with E-state index >= 15 is 0 Å². The standard InChI is InChI=1S/C46H80NO8P/c1-6-8-10-12-14-16-18-20-22-23-25-27-29-31-33-35-37-39-46(49)55-44(43-54-56(50,51)53-41-40-47(3,4)5)42-52-45(48)38-36-34-32-30-28-26-24-21-19-17-15-13-11-9-7-2/h8,10,14,16,20-22,24-25,27,31,33,44H,6-7,9,11-13,15,17-19,23,26,28-30,32,34-43H2,1-5H3/p+1/b10-8-,16-14-,22-20-,24-21-,27-25-,33-31-/t44-/m1/s1. The Morgan fingerprint density at radius 1 is 0.571 bits per heavy atom. The lowest BCUT2D eigenvalue weighted by Crippen LogP contribution is -2.37. The van der Waals surface area contributed by atoms with E-state index in [9.17, 15) is 19.0 Å². The maximum atomic E-state index is 12.7. The Hall–Kier alpha value is -2.55. The van der Waals surface area contributed by atoms with Crippen LogP contribution in [0.1, 0.15) is 155 Å². The highest BCUT2D eigenvalue weighted by Crippen LogP contribution is 2.43. The minimum Gasteiger partial charge on any atom is -0.462 e. The van der Waals surface area contributed by atoms with Gasteiger partial charge in [-0.3, -0.25) is 18.6 Å². The smallest absolute Gasteiger partial charge is 0.462 e. The molecular weight excluding hydrogens is 725 g/mol. The zero-order valence-corrected chi connectivity index (χ0v) is 37.0. The predicted octanol–water partition coefficient (Wildman–Crippen LogP) is 12.2. The van der Waals surface area contributed by atoms with E-state index in [0.717, 1.165) is 70.6 Å². The van der Waals surface area contributed by atoms with Crippen LogP contribution in [-0.4, -0.2) is 74.9 Å². The molecule has 0 aromatic rings. The molecule has 0 aliphatic heterocycles. The highest BCUT2D eigenvalue weighted by atomic mass is 31.2. The molecule has 0 aliphatic rings. The van der Waals surface area contributed by atoms with Crippen LogP contribution in [0, 0.1) is 0 Å². The summed E-state index contributed by atoms with van der Waals surface area (Å²) >= 11 is 0. The minimum absolute atomic E-state index is 0.0163. The van der Waals surface area contributed by atoms with Crippen molar-refractivity contribution in [2.24, 2.45) is 0 Å². The highest BCUT2D eigenvalue weighted by Gasteiger charge is 2.27. The van der Waals surface area contributed by atoms with E-state index in [1.54, 1.807) is 0 Å². The number of likely N-dealkylation sites (N-methyl/N-ethyl adjacent to an activating group) is 1. The summed E-state index contributed by atoms with van der Waals surface area (Å²) in [5.74, 6) is -0.883. The number of ether oxygens (including phenoxy) is 2. The first kappa shape index (κ1) is 53.5. The fraction of sp³-hybridized carbons (Fsp3) is 0.696. The Labute approximate surface area is 342 Å². The molecule has 0 fully saturated rings. The molecule has 9 nitrogen and oxygen atoms in total. The van der Waals surface area contributed by atoms with Crippen LogP contribution in [0.2, 0.25) is 0 Å². The first-order valence-electron chi connectivity index (χ1n) is 21.7. The van der Waals surface area contributed by atoms with E-state index in [2.05, 4.69) is 80.7 Å². The van der Waals surface area contributed by atoms with E-state index in [1.807, 2.05) is 27.2 Å². The van der Waals surface area contributed by atoms with Crippen LogP contribution >= 0.6 is 7.82 Å². The molecule has 1 unspecified atom stereocenters. The molecule has 0 saturated heterocycles. The number of esters is 2. The average Bonchev–Trinajstić information content (AvgIpc) is 3.15. The zero-order valence-electron chi connectivity index (χ0n) is 36.1. The zero-order chi connectivity index (χ0) is 41.4. The van der Waals surface area contributed by atoms with Gasteiger partial charge < -0.3 is 18.9 Å². The maximum Gasteiger partial charge on any atom is 0.472 e. The predicted molar refractivity (Wildman–Crippen MR) is 233 cm³/mol. The van der Waals surface area contributed by atoms with Gasteiger partial charge in [0.2, 0.25) is 0 Å².